The van der Waals surface area contributed by atoms with Crippen LogP contribution in [-0.2, 0) is 11.2 Å². The summed E-state index contributed by atoms with van der Waals surface area (Å²) in [5, 5.41) is 5.83. The van der Waals surface area contributed by atoms with Crippen LogP contribution >= 0.6 is 0 Å². The van der Waals surface area contributed by atoms with Gasteiger partial charge in [0, 0.05) is 75.2 Å². The van der Waals surface area contributed by atoms with E-state index < -0.39 is 0 Å². The van der Waals surface area contributed by atoms with E-state index in [1.54, 1.807) is 22.2 Å². The zero-order valence-corrected chi connectivity index (χ0v) is 29.5. The van der Waals surface area contributed by atoms with E-state index in [9.17, 15) is 14.4 Å². The highest BCUT2D eigenvalue weighted by molar-refractivity contribution is 6.31. The van der Waals surface area contributed by atoms with E-state index in [0.29, 0.717) is 46.7 Å². The fourth-order valence-electron chi connectivity index (χ4n) is 8.18. The molecule has 8 rings (SSSR count). The number of imide groups is 1. The number of carbonyl (C=O) groups excluding carboxylic acids is 3. The number of amides is 3. The molecule has 3 fully saturated rings. The Morgan fingerprint density at radius 1 is 0.962 bits per heavy atom. The van der Waals surface area contributed by atoms with E-state index in [2.05, 4.69) is 63.4 Å². The summed E-state index contributed by atoms with van der Waals surface area (Å²) in [5.41, 5.74) is 6.41. The van der Waals surface area contributed by atoms with Crippen molar-refractivity contribution in [2.24, 2.45) is 15.9 Å². The molecule has 5 aliphatic rings. The number of fused-ring (bicyclic) bond motifs is 2. The van der Waals surface area contributed by atoms with E-state index in [1.165, 1.54) is 11.8 Å². The van der Waals surface area contributed by atoms with Crippen molar-refractivity contribution in [1.82, 2.24) is 20.2 Å². The minimum atomic E-state index is -0.314. The summed E-state index contributed by atoms with van der Waals surface area (Å²) >= 11 is 0. The van der Waals surface area contributed by atoms with Gasteiger partial charge in [-0.05, 0) is 74.0 Å². The van der Waals surface area contributed by atoms with Crippen LogP contribution in [0.25, 0.3) is 0 Å². The molecule has 2 aromatic carbocycles. The van der Waals surface area contributed by atoms with Crippen LogP contribution in [0, 0.1) is 5.92 Å². The molecule has 12 nitrogen and oxygen atoms in total. The highest BCUT2D eigenvalue weighted by Gasteiger charge is 2.41. The minimum Gasteiger partial charge on any atom is -0.371 e. The molecule has 1 N–H and O–H groups in total. The number of hydrazine groups is 1. The number of nitrogens with zero attached hydrogens (tertiary/aromatic N) is 8. The van der Waals surface area contributed by atoms with E-state index in [4.69, 9.17) is 9.98 Å². The third kappa shape index (κ3) is 5.96. The number of hydrogen-bond acceptors (Lipinski definition) is 9. The van der Waals surface area contributed by atoms with Crippen LogP contribution in [-0.4, -0.2) is 97.5 Å². The number of aliphatic imine (C=N–C) groups is 2. The molecule has 3 saturated heterocycles. The van der Waals surface area contributed by atoms with Gasteiger partial charge in [0.05, 0.1) is 29.0 Å². The lowest BCUT2D eigenvalue weighted by atomic mass is 9.98. The van der Waals surface area contributed by atoms with Gasteiger partial charge in [0.2, 0.25) is 0 Å². The van der Waals surface area contributed by atoms with Crippen molar-refractivity contribution in [3.05, 3.63) is 101 Å². The molecule has 1 unspecified atom stereocenters. The lowest BCUT2D eigenvalue weighted by molar-refractivity contribution is -0.124. The normalized spacial score (nSPS) is 21.9. The topological polar surface area (TPSA) is 117 Å². The SMILES string of the molecule is C=CCN1C(=O)/C(=C/N=C)C(=Nc2ccc(N3CC(CN4CCN(c5cccc6c5C(=O)NC6=O)CC4)C3)cc2)N1c1ccc2c(n1)C(CC)CC2. The maximum atomic E-state index is 13.7. The molecule has 52 heavy (non-hydrogen) atoms. The highest BCUT2D eigenvalue weighted by atomic mass is 16.2. The first-order chi connectivity index (χ1) is 25.4. The predicted octanol–water partition coefficient (Wildman–Crippen LogP) is 4.73. The molecule has 0 saturated carbocycles. The number of amidine groups is 1. The number of anilines is 3. The molecule has 0 radical (unpaired) electrons. The molecule has 0 spiro atoms. The molecule has 1 aliphatic carbocycles. The van der Waals surface area contributed by atoms with Crippen molar-refractivity contribution < 1.29 is 14.4 Å². The predicted molar refractivity (Wildman–Crippen MR) is 204 cm³/mol. The van der Waals surface area contributed by atoms with Crippen LogP contribution in [0.3, 0.4) is 0 Å². The standard InChI is InChI=1S/C40H43N9O3/c1-4-17-48-40(52)32(22-41-3)37(49(48)34-16-11-28-10-9-27(5-2)36(28)43-34)42-29-12-14-30(15-13-29)47-24-26(25-47)23-45-18-20-46(21-19-45)33-8-6-7-31-35(33)39(51)44-38(31)50/h4,6-8,11-16,22,26-27H,1,3,5,9-10,17-21,23-25H2,2H3,(H,44,50,51)/b32-22+,42-37?. The van der Waals surface area contributed by atoms with Crippen LogP contribution in [0.15, 0.2) is 89.0 Å². The van der Waals surface area contributed by atoms with Crippen LogP contribution < -0.4 is 20.1 Å². The lowest BCUT2D eigenvalue weighted by Crippen LogP contribution is -2.55. The molecule has 3 amide bonds. The van der Waals surface area contributed by atoms with E-state index in [0.717, 1.165) is 87.8 Å². The Hall–Kier alpha value is -5.62. The Bertz CT molecular complexity index is 2010. The first-order valence-corrected chi connectivity index (χ1v) is 18.2. The molecule has 0 bridgehead atoms. The molecule has 4 aliphatic heterocycles. The van der Waals surface area contributed by atoms with Crippen LogP contribution in [0.1, 0.15) is 57.7 Å². The second-order valence-electron chi connectivity index (χ2n) is 14.1. The summed E-state index contributed by atoms with van der Waals surface area (Å²) < 4.78 is 0. The zero-order chi connectivity index (χ0) is 35.9. The van der Waals surface area contributed by atoms with E-state index in [1.807, 2.05) is 30.3 Å². The molecule has 5 heterocycles. The first kappa shape index (κ1) is 33.5. The van der Waals surface area contributed by atoms with Gasteiger partial charge in [0.15, 0.2) is 11.7 Å². The smallest absolute Gasteiger partial charge is 0.278 e. The minimum absolute atomic E-state index is 0.225. The number of hydrogen-bond donors (Lipinski definition) is 1. The van der Waals surface area contributed by atoms with Crippen LogP contribution in [0.5, 0.6) is 0 Å². The Kier molecular flexibility index (Phi) is 8.92. The largest absolute Gasteiger partial charge is 0.371 e. The number of carbonyl (C=O) groups is 3. The monoisotopic (exact) mass is 697 g/mol. The van der Waals surface area contributed by atoms with Crippen LogP contribution in [0.2, 0.25) is 0 Å². The van der Waals surface area contributed by atoms with Crippen molar-refractivity contribution in [2.45, 2.75) is 32.1 Å². The second kappa shape index (κ2) is 13.8. The number of rotatable bonds is 10. The molecule has 1 atom stereocenters. The van der Waals surface area contributed by atoms with Gasteiger partial charge in [-0.1, -0.05) is 25.1 Å². The molecular weight excluding hydrogens is 654 g/mol. The van der Waals surface area contributed by atoms with Gasteiger partial charge in [-0.3, -0.25) is 29.6 Å². The molecule has 1 aromatic heterocycles. The van der Waals surface area contributed by atoms with E-state index in [-0.39, 0.29) is 17.7 Å². The van der Waals surface area contributed by atoms with Crippen molar-refractivity contribution in [3.8, 4) is 0 Å². The molecule has 3 aromatic rings. The Balaban J connectivity index is 0.926. The maximum absolute atomic E-state index is 13.7. The fraction of sp³-hybridized carbons (Fsp3) is 0.350. The summed E-state index contributed by atoms with van der Waals surface area (Å²) in [6.07, 6.45) is 6.31. The summed E-state index contributed by atoms with van der Waals surface area (Å²) in [7, 11) is 0. The Morgan fingerprint density at radius 3 is 2.48 bits per heavy atom. The Labute approximate surface area is 303 Å². The second-order valence-corrected chi connectivity index (χ2v) is 14.1. The van der Waals surface area contributed by atoms with Gasteiger partial charge >= 0.3 is 0 Å². The van der Waals surface area contributed by atoms with Crippen molar-refractivity contribution >= 4 is 53.2 Å². The summed E-state index contributed by atoms with van der Waals surface area (Å²) in [5.74, 6) is 1.24. The summed E-state index contributed by atoms with van der Waals surface area (Å²) in [6.45, 7) is 16.4. The van der Waals surface area contributed by atoms with E-state index >= 15 is 0 Å². The van der Waals surface area contributed by atoms with Gasteiger partial charge in [0.1, 0.15) is 5.57 Å². The number of benzene rings is 2. The van der Waals surface area contributed by atoms with Gasteiger partial charge in [0.25, 0.3) is 17.7 Å². The lowest BCUT2D eigenvalue weighted by Gasteiger charge is -2.45. The van der Waals surface area contributed by atoms with Crippen molar-refractivity contribution in [1.29, 1.82) is 0 Å². The van der Waals surface area contributed by atoms with Gasteiger partial charge in [-0.15, -0.1) is 6.58 Å². The average molecular weight is 698 g/mol. The Morgan fingerprint density at radius 2 is 1.75 bits per heavy atom. The number of nitrogens with one attached hydrogen (secondary N) is 1. The fourth-order valence-corrected chi connectivity index (χ4v) is 8.18. The van der Waals surface area contributed by atoms with Gasteiger partial charge in [-0.2, -0.15) is 0 Å². The maximum Gasteiger partial charge on any atom is 0.278 e. The third-order valence-electron chi connectivity index (χ3n) is 10.9. The number of pyridine rings is 1. The van der Waals surface area contributed by atoms with Crippen molar-refractivity contribution in [3.63, 3.8) is 0 Å². The molecular formula is C40H43N9O3. The summed E-state index contributed by atoms with van der Waals surface area (Å²) in [4.78, 5) is 59.4. The number of piperazine rings is 1. The number of aryl methyl sites for hydroxylation is 1. The first-order valence-electron chi connectivity index (χ1n) is 18.2. The molecule has 12 heteroatoms. The van der Waals surface area contributed by atoms with Gasteiger partial charge < -0.3 is 9.80 Å². The zero-order valence-electron chi connectivity index (χ0n) is 29.5. The summed E-state index contributed by atoms with van der Waals surface area (Å²) in [6, 6.07) is 17.8. The highest BCUT2D eigenvalue weighted by Crippen LogP contribution is 2.37. The number of aromatic nitrogens is 1. The molecule has 266 valence electrons. The third-order valence-corrected chi connectivity index (χ3v) is 10.9. The average Bonchev–Trinajstić information content (AvgIpc) is 3.77. The van der Waals surface area contributed by atoms with Crippen molar-refractivity contribution in [2.75, 3.05) is 67.2 Å². The quantitative estimate of drug-likeness (QED) is 0.140. The van der Waals surface area contributed by atoms with Gasteiger partial charge in [-0.25, -0.2) is 20.0 Å². The van der Waals surface area contributed by atoms with Crippen LogP contribution in [0.4, 0.5) is 22.9 Å².